The van der Waals surface area contributed by atoms with Crippen molar-refractivity contribution in [2.24, 2.45) is 0 Å². The van der Waals surface area contributed by atoms with E-state index < -0.39 is 46.2 Å². The molecule has 4 aromatic carbocycles. The van der Waals surface area contributed by atoms with Crippen LogP contribution in [0.25, 0.3) is 0 Å². The van der Waals surface area contributed by atoms with Crippen LogP contribution in [0.5, 0.6) is 0 Å². The van der Waals surface area contributed by atoms with Crippen LogP contribution >= 0.6 is 0 Å². The molecule has 4 aromatic rings. The van der Waals surface area contributed by atoms with Gasteiger partial charge in [0.1, 0.15) is 0 Å². The summed E-state index contributed by atoms with van der Waals surface area (Å²) in [5.74, 6) is -0.547. The molecule has 2 atom stereocenters. The van der Waals surface area contributed by atoms with E-state index in [2.05, 4.69) is 135 Å². The van der Waals surface area contributed by atoms with Gasteiger partial charge in [-0.25, -0.2) is 0 Å². The fraction of sp³-hybridized carbons (Fsp3) is 0.226. The van der Waals surface area contributed by atoms with Crippen molar-refractivity contribution in [1.29, 1.82) is 0 Å². The van der Waals surface area contributed by atoms with Gasteiger partial charge in [0.15, 0.2) is 0 Å². The maximum atomic E-state index is 6.66. The van der Waals surface area contributed by atoms with E-state index in [1.54, 1.807) is 0 Å². The molecule has 0 unspecified atom stereocenters. The number of hydrogen-bond acceptors (Lipinski definition) is 2. The molecule has 0 bridgehead atoms. The molecule has 1 heterocycles. The molecule has 35 heavy (non-hydrogen) atoms. The minimum atomic E-state index is -2.04. The second-order valence-electron chi connectivity index (χ2n) is 9.28. The van der Waals surface area contributed by atoms with Gasteiger partial charge in [-0.3, -0.25) is 0 Å². The number of benzene rings is 4. The first-order chi connectivity index (χ1) is 17.1. The van der Waals surface area contributed by atoms with Crippen molar-refractivity contribution >= 4 is 54.5 Å². The predicted octanol–water partition coefficient (Wildman–Crippen LogP) is 4.12. The molecule has 0 aliphatic carbocycles. The van der Waals surface area contributed by atoms with E-state index in [0.717, 1.165) is 8.73 Å². The zero-order chi connectivity index (χ0) is 24.1. The summed E-state index contributed by atoms with van der Waals surface area (Å²) in [5, 5.41) is 0. The van der Waals surface area contributed by atoms with Crippen LogP contribution in [-0.2, 0) is 9.47 Å². The topological polar surface area (TPSA) is 18.5 Å². The van der Waals surface area contributed by atoms with Gasteiger partial charge in [0.25, 0.3) is 0 Å². The second kappa shape index (κ2) is 11.7. The summed E-state index contributed by atoms with van der Waals surface area (Å²) in [6.45, 7) is 4.16. The number of ether oxygens (including phenoxy) is 2. The SMILES string of the molecule is CC1(C)O[C@H]([CH2][Sb]([c]2ccccc2)[c]2ccccc2)[C@@H]([CH2][Sb]([c]2ccccc2)[c]2ccccc2)O1. The summed E-state index contributed by atoms with van der Waals surface area (Å²) in [6, 6.07) is 44.5. The average Bonchev–Trinajstić information content (AvgIpc) is 3.20. The van der Waals surface area contributed by atoms with Crippen molar-refractivity contribution < 1.29 is 9.47 Å². The van der Waals surface area contributed by atoms with E-state index in [1.807, 2.05) is 0 Å². The number of rotatable bonds is 8. The molecule has 1 aliphatic rings. The molecule has 2 nitrogen and oxygen atoms in total. The molecule has 1 saturated heterocycles. The standard InChI is InChI=1S/C7H12O2.4C6H5.2Sb/c1-5-6(2)9-7(3,4)8-5;4*1-2-4-6-5-3-1;;/h5-6H,1-2H2,3-4H3;4*1-5H;;/t5-,6-;;;;;;/m1....../s1. The first kappa shape index (κ1) is 25.1. The Morgan fingerprint density at radius 3 is 1.00 bits per heavy atom. The zero-order valence-electron chi connectivity index (χ0n) is 20.3. The van der Waals surface area contributed by atoms with Crippen LogP contribution in [0, 0.1) is 0 Å². The minimum absolute atomic E-state index is 0.118. The van der Waals surface area contributed by atoms with Gasteiger partial charge in [0.2, 0.25) is 0 Å². The molecule has 0 radical (unpaired) electrons. The Kier molecular flexibility index (Phi) is 8.36. The molecule has 178 valence electrons. The average molecular weight is 680 g/mol. The van der Waals surface area contributed by atoms with Gasteiger partial charge < -0.3 is 0 Å². The fourth-order valence-corrected chi connectivity index (χ4v) is 18.7. The Morgan fingerprint density at radius 1 is 0.486 bits per heavy atom. The predicted molar refractivity (Wildman–Crippen MR) is 149 cm³/mol. The first-order valence-electron chi connectivity index (χ1n) is 12.2. The molecule has 0 N–H and O–H groups in total. The van der Waals surface area contributed by atoms with Crippen LogP contribution < -0.4 is 14.0 Å². The van der Waals surface area contributed by atoms with Gasteiger partial charge in [-0.1, -0.05) is 0 Å². The summed E-state index contributed by atoms with van der Waals surface area (Å²) in [4.78, 5) is 0. The van der Waals surface area contributed by atoms with Crippen LogP contribution in [0.15, 0.2) is 121 Å². The van der Waals surface area contributed by atoms with E-state index in [1.165, 1.54) is 14.0 Å². The quantitative estimate of drug-likeness (QED) is 0.261. The maximum absolute atomic E-state index is 6.66. The third kappa shape index (κ3) is 6.42. The third-order valence-electron chi connectivity index (χ3n) is 6.28. The summed E-state index contributed by atoms with van der Waals surface area (Å²) >= 11 is -4.07. The van der Waals surface area contributed by atoms with E-state index in [9.17, 15) is 0 Å². The Balaban J connectivity index is 1.46. The normalized spacial score (nSPS) is 19.3. The van der Waals surface area contributed by atoms with E-state index in [0.29, 0.717) is 0 Å². The van der Waals surface area contributed by atoms with Gasteiger partial charge in [0, 0.05) is 0 Å². The molecule has 0 saturated carbocycles. The molecule has 0 amide bonds. The van der Waals surface area contributed by atoms with Crippen LogP contribution in [0.3, 0.4) is 0 Å². The van der Waals surface area contributed by atoms with Crippen LogP contribution in [0.2, 0.25) is 8.73 Å². The molecular weight excluding hydrogens is 648 g/mol. The molecule has 0 aromatic heterocycles. The van der Waals surface area contributed by atoms with E-state index >= 15 is 0 Å². The summed E-state index contributed by atoms with van der Waals surface area (Å²) in [7, 11) is 0. The molecule has 1 aliphatic heterocycles. The zero-order valence-corrected chi connectivity index (χ0v) is 25.4. The fourth-order valence-electron chi connectivity index (χ4n) is 4.73. The Bertz CT molecular complexity index is 1010. The van der Waals surface area contributed by atoms with Crippen molar-refractivity contribution in [3.63, 3.8) is 0 Å². The van der Waals surface area contributed by atoms with Gasteiger partial charge in [-0.15, -0.1) is 0 Å². The summed E-state index contributed by atoms with van der Waals surface area (Å²) < 4.78 is 21.5. The van der Waals surface area contributed by atoms with Crippen molar-refractivity contribution in [3.05, 3.63) is 121 Å². The van der Waals surface area contributed by atoms with Gasteiger partial charge in [-0.05, 0) is 0 Å². The summed E-state index contributed by atoms with van der Waals surface area (Å²) in [5.41, 5.74) is 0. The molecule has 5 rings (SSSR count). The van der Waals surface area contributed by atoms with Gasteiger partial charge in [-0.2, -0.15) is 0 Å². The Hall–Kier alpha value is -1.56. The van der Waals surface area contributed by atoms with Crippen molar-refractivity contribution in [2.75, 3.05) is 0 Å². The number of hydrogen-bond donors (Lipinski definition) is 0. The third-order valence-corrected chi connectivity index (χ3v) is 20.9. The van der Waals surface area contributed by atoms with Crippen LogP contribution in [-0.4, -0.2) is 58.4 Å². The molecule has 4 heteroatoms. The second-order valence-corrected chi connectivity index (χ2v) is 22.1. The van der Waals surface area contributed by atoms with Crippen LogP contribution in [0.1, 0.15) is 13.8 Å². The van der Waals surface area contributed by atoms with Crippen LogP contribution in [0.4, 0.5) is 0 Å². The monoisotopic (exact) mass is 678 g/mol. The van der Waals surface area contributed by atoms with Crippen molar-refractivity contribution in [1.82, 2.24) is 0 Å². The molecular formula is C31H32O2Sb2. The van der Waals surface area contributed by atoms with E-state index in [4.69, 9.17) is 9.47 Å². The van der Waals surface area contributed by atoms with Crippen molar-refractivity contribution in [3.8, 4) is 0 Å². The summed E-state index contributed by atoms with van der Waals surface area (Å²) in [6.07, 6.45) is 0.237. The van der Waals surface area contributed by atoms with Crippen molar-refractivity contribution in [2.45, 2.75) is 40.6 Å². The molecule has 1 fully saturated rings. The molecule has 0 spiro atoms. The first-order valence-corrected chi connectivity index (χ1v) is 20.9. The van der Waals surface area contributed by atoms with Gasteiger partial charge in [0.05, 0.1) is 0 Å². The Morgan fingerprint density at radius 2 is 0.743 bits per heavy atom. The van der Waals surface area contributed by atoms with Gasteiger partial charge >= 0.3 is 226 Å². The van der Waals surface area contributed by atoms with E-state index in [-0.39, 0.29) is 12.2 Å². The Labute approximate surface area is 224 Å².